The summed E-state index contributed by atoms with van der Waals surface area (Å²) in [5.74, 6) is -0.888. The summed E-state index contributed by atoms with van der Waals surface area (Å²) in [6.07, 6.45) is 7.10. The molecule has 0 aromatic carbocycles. The Hall–Kier alpha value is -2.04. The van der Waals surface area contributed by atoms with Crippen LogP contribution >= 0.6 is 0 Å². The number of aliphatic carboxylic acids is 1. The highest BCUT2D eigenvalue weighted by molar-refractivity contribution is 5.80. The van der Waals surface area contributed by atoms with Crippen LogP contribution in [0.3, 0.4) is 0 Å². The summed E-state index contributed by atoms with van der Waals surface area (Å²) in [6, 6.07) is 0. The number of carboxylic acid groups (broad SMARTS) is 1. The number of nitrogens with zero attached hydrogens (tertiary/aromatic N) is 4. The van der Waals surface area contributed by atoms with Crippen molar-refractivity contribution in [3.8, 4) is 0 Å². The predicted molar refractivity (Wildman–Crippen MR) is 115 cm³/mol. The number of carbonyl (C=O) groups excluding carboxylic acids is 1. The normalized spacial score (nSPS) is 22.2. The summed E-state index contributed by atoms with van der Waals surface area (Å²) >= 11 is 0. The van der Waals surface area contributed by atoms with Crippen LogP contribution in [0.25, 0.3) is 0 Å². The molecule has 32 heavy (non-hydrogen) atoms. The first-order valence-corrected chi connectivity index (χ1v) is 11.6. The van der Waals surface area contributed by atoms with Gasteiger partial charge in [0.1, 0.15) is 0 Å². The largest absolute Gasteiger partial charge is 0.481 e. The molecular formula is C22H36N4O6. The van der Waals surface area contributed by atoms with Crippen molar-refractivity contribution in [3.63, 3.8) is 0 Å². The molecule has 2 fully saturated rings. The summed E-state index contributed by atoms with van der Waals surface area (Å²) in [5, 5.41) is 18.3. The summed E-state index contributed by atoms with van der Waals surface area (Å²) in [7, 11) is 1.65. The molecule has 1 aromatic rings. The lowest BCUT2D eigenvalue weighted by Gasteiger charge is -2.39. The van der Waals surface area contributed by atoms with Gasteiger partial charge in [-0.3, -0.25) is 14.3 Å². The standard InChI is InChI=1S/C22H36N4O6/c1-30-11-4-10-26-16-18(23-24-26)15-22(21(28)29)8-3-9-25(17-22)20(27)5-2-12-32-19-6-13-31-14-7-19/h16,19H,2-15,17H2,1H3,(H,28,29). The van der Waals surface area contributed by atoms with Gasteiger partial charge in [-0.05, 0) is 38.5 Å². The smallest absolute Gasteiger partial charge is 0.311 e. The molecule has 0 radical (unpaired) electrons. The second-order valence-corrected chi connectivity index (χ2v) is 8.79. The first kappa shape index (κ1) is 24.6. The molecule has 1 unspecified atom stereocenters. The second-order valence-electron chi connectivity index (χ2n) is 8.79. The highest BCUT2D eigenvalue weighted by Gasteiger charge is 2.44. The van der Waals surface area contributed by atoms with Gasteiger partial charge in [0.2, 0.25) is 5.91 Å². The molecular weight excluding hydrogens is 416 g/mol. The maximum absolute atomic E-state index is 12.8. The van der Waals surface area contributed by atoms with Crippen molar-refractivity contribution >= 4 is 11.9 Å². The minimum Gasteiger partial charge on any atom is -0.481 e. The first-order chi connectivity index (χ1) is 15.5. The molecule has 2 aliphatic heterocycles. The van der Waals surface area contributed by atoms with Crippen LogP contribution < -0.4 is 0 Å². The van der Waals surface area contributed by atoms with E-state index in [9.17, 15) is 14.7 Å². The molecule has 0 saturated carbocycles. The number of hydrogen-bond acceptors (Lipinski definition) is 7. The van der Waals surface area contributed by atoms with Crippen LogP contribution in [0.5, 0.6) is 0 Å². The third kappa shape index (κ3) is 6.98. The van der Waals surface area contributed by atoms with E-state index < -0.39 is 11.4 Å². The van der Waals surface area contributed by atoms with Crippen molar-refractivity contribution in [3.05, 3.63) is 11.9 Å². The van der Waals surface area contributed by atoms with Crippen LogP contribution in [0.2, 0.25) is 0 Å². The molecule has 0 bridgehead atoms. The lowest BCUT2D eigenvalue weighted by atomic mass is 9.76. The number of aryl methyl sites for hydroxylation is 1. The fourth-order valence-electron chi connectivity index (χ4n) is 4.46. The Morgan fingerprint density at radius 1 is 1.28 bits per heavy atom. The van der Waals surface area contributed by atoms with Crippen LogP contribution in [0, 0.1) is 5.41 Å². The van der Waals surface area contributed by atoms with Gasteiger partial charge in [-0.2, -0.15) is 0 Å². The van der Waals surface area contributed by atoms with Crippen molar-refractivity contribution in [2.45, 2.75) is 64.0 Å². The SMILES string of the molecule is COCCCn1cc(CC2(C(=O)O)CCCN(C(=O)CCCOC3CCOCC3)C2)nn1. The Kier molecular flexibility index (Phi) is 9.43. The van der Waals surface area contributed by atoms with Crippen molar-refractivity contribution < 1.29 is 28.9 Å². The number of hydrogen-bond donors (Lipinski definition) is 1. The maximum atomic E-state index is 12.8. The Labute approximate surface area is 189 Å². The molecule has 1 amide bonds. The molecule has 1 aromatic heterocycles. The molecule has 2 aliphatic rings. The van der Waals surface area contributed by atoms with E-state index in [1.54, 1.807) is 22.9 Å². The van der Waals surface area contributed by atoms with Gasteiger partial charge in [0.05, 0.1) is 17.2 Å². The third-order valence-electron chi connectivity index (χ3n) is 6.28. The van der Waals surface area contributed by atoms with Crippen LogP contribution in [0.15, 0.2) is 6.20 Å². The van der Waals surface area contributed by atoms with Crippen LogP contribution in [0.1, 0.15) is 50.6 Å². The summed E-state index contributed by atoms with van der Waals surface area (Å²) in [6.45, 7) is 4.11. The number of carboxylic acids is 1. The monoisotopic (exact) mass is 452 g/mol. The van der Waals surface area contributed by atoms with E-state index in [1.807, 2.05) is 0 Å². The highest BCUT2D eigenvalue weighted by atomic mass is 16.5. The Balaban J connectivity index is 1.50. The van der Waals surface area contributed by atoms with Gasteiger partial charge in [-0.15, -0.1) is 5.10 Å². The van der Waals surface area contributed by atoms with Gasteiger partial charge in [0, 0.05) is 72.2 Å². The average Bonchev–Trinajstić information content (AvgIpc) is 3.24. The molecule has 0 aliphatic carbocycles. The Morgan fingerprint density at radius 3 is 2.84 bits per heavy atom. The van der Waals surface area contributed by atoms with Gasteiger partial charge in [0.15, 0.2) is 0 Å². The number of carbonyl (C=O) groups is 2. The predicted octanol–water partition coefficient (Wildman–Crippen LogP) is 1.53. The van der Waals surface area contributed by atoms with E-state index in [2.05, 4.69) is 10.3 Å². The number of methoxy groups -OCH3 is 1. The van der Waals surface area contributed by atoms with E-state index in [0.29, 0.717) is 57.7 Å². The van der Waals surface area contributed by atoms with Gasteiger partial charge in [-0.1, -0.05) is 5.21 Å². The van der Waals surface area contributed by atoms with Crippen LogP contribution in [0.4, 0.5) is 0 Å². The molecule has 10 heteroatoms. The van der Waals surface area contributed by atoms with Crippen molar-refractivity contribution in [1.29, 1.82) is 0 Å². The quantitative estimate of drug-likeness (QED) is 0.475. The number of rotatable bonds is 12. The van der Waals surface area contributed by atoms with E-state index in [4.69, 9.17) is 14.2 Å². The van der Waals surface area contributed by atoms with Gasteiger partial charge in [-0.25, -0.2) is 0 Å². The first-order valence-electron chi connectivity index (χ1n) is 11.6. The number of aromatic nitrogens is 3. The van der Waals surface area contributed by atoms with E-state index in [1.165, 1.54) is 0 Å². The zero-order valence-corrected chi connectivity index (χ0v) is 19.0. The summed E-state index contributed by atoms with van der Waals surface area (Å²) in [5.41, 5.74) is -0.385. The number of ether oxygens (including phenoxy) is 3. The maximum Gasteiger partial charge on any atom is 0.311 e. The lowest BCUT2D eigenvalue weighted by Crippen LogP contribution is -2.51. The van der Waals surface area contributed by atoms with E-state index in [0.717, 1.165) is 32.5 Å². The fraction of sp³-hybridized carbons (Fsp3) is 0.818. The average molecular weight is 453 g/mol. The minimum absolute atomic E-state index is 0.00544. The summed E-state index contributed by atoms with van der Waals surface area (Å²) < 4.78 is 17.9. The molecule has 3 heterocycles. The fourth-order valence-corrected chi connectivity index (χ4v) is 4.46. The highest BCUT2D eigenvalue weighted by Crippen LogP contribution is 2.34. The zero-order chi connectivity index (χ0) is 22.8. The van der Waals surface area contributed by atoms with Gasteiger partial charge < -0.3 is 24.2 Å². The molecule has 3 rings (SSSR count). The third-order valence-corrected chi connectivity index (χ3v) is 6.28. The molecule has 1 N–H and O–H groups in total. The zero-order valence-electron chi connectivity index (χ0n) is 19.0. The molecule has 1 atom stereocenters. The van der Waals surface area contributed by atoms with Crippen LogP contribution in [-0.2, 0) is 36.8 Å². The number of likely N-dealkylation sites (tertiary alicyclic amines) is 1. The number of amides is 1. The molecule has 10 nitrogen and oxygen atoms in total. The van der Waals surface area contributed by atoms with Crippen LogP contribution in [-0.4, -0.2) is 89.6 Å². The minimum atomic E-state index is -1.03. The molecule has 180 valence electrons. The topological polar surface area (TPSA) is 116 Å². The Bertz CT molecular complexity index is 736. The van der Waals surface area contributed by atoms with E-state index >= 15 is 0 Å². The Morgan fingerprint density at radius 2 is 2.09 bits per heavy atom. The van der Waals surface area contributed by atoms with Crippen molar-refractivity contribution in [1.82, 2.24) is 19.9 Å². The summed E-state index contributed by atoms with van der Waals surface area (Å²) in [4.78, 5) is 26.7. The second kappa shape index (κ2) is 12.3. The van der Waals surface area contributed by atoms with Crippen molar-refractivity contribution in [2.24, 2.45) is 5.41 Å². The lowest BCUT2D eigenvalue weighted by molar-refractivity contribution is -0.155. The van der Waals surface area contributed by atoms with Gasteiger partial charge >= 0.3 is 5.97 Å². The van der Waals surface area contributed by atoms with E-state index in [-0.39, 0.29) is 25.0 Å². The van der Waals surface area contributed by atoms with Gasteiger partial charge in [0.25, 0.3) is 0 Å². The number of piperidine rings is 1. The van der Waals surface area contributed by atoms with Crippen molar-refractivity contribution in [2.75, 3.05) is 46.6 Å². The molecule has 2 saturated heterocycles. The molecule has 0 spiro atoms.